The minimum absolute atomic E-state index is 0.319. The second kappa shape index (κ2) is 5.98. The Labute approximate surface area is 128 Å². The van der Waals surface area contributed by atoms with Crippen LogP contribution in [-0.4, -0.2) is 6.61 Å². The molecule has 3 heteroatoms. The Kier molecular flexibility index (Phi) is 4.08. The van der Waals surface area contributed by atoms with E-state index >= 15 is 0 Å². The third-order valence-corrected chi connectivity index (χ3v) is 4.31. The number of halogens is 1. The van der Waals surface area contributed by atoms with Gasteiger partial charge in [0.25, 0.3) is 0 Å². The molecule has 0 bridgehead atoms. The summed E-state index contributed by atoms with van der Waals surface area (Å²) in [4.78, 5) is 0. The summed E-state index contributed by atoms with van der Waals surface area (Å²) in [6.45, 7) is 2.99. The average Bonchev–Trinajstić information content (AvgIpc) is 2.48. The average molecular weight is 332 g/mol. The number of para-hydroxylation sites is 1. The second-order valence-corrected chi connectivity index (χ2v) is 6.08. The summed E-state index contributed by atoms with van der Waals surface area (Å²) >= 11 is 3.48. The molecule has 2 aromatic rings. The zero-order valence-corrected chi connectivity index (χ0v) is 13.1. The van der Waals surface area contributed by atoms with Gasteiger partial charge in [0.2, 0.25) is 0 Å². The van der Waals surface area contributed by atoms with Gasteiger partial charge in [0.1, 0.15) is 5.75 Å². The van der Waals surface area contributed by atoms with Crippen molar-refractivity contribution in [2.24, 2.45) is 0 Å². The molecule has 0 saturated heterocycles. The second-order valence-electron chi connectivity index (χ2n) is 5.17. The third kappa shape index (κ3) is 2.89. The molecule has 1 unspecified atom stereocenters. The molecule has 0 fully saturated rings. The van der Waals surface area contributed by atoms with Crippen LogP contribution in [0.5, 0.6) is 5.75 Å². The van der Waals surface area contributed by atoms with Crippen LogP contribution in [0.15, 0.2) is 53.0 Å². The van der Waals surface area contributed by atoms with Gasteiger partial charge in [-0.3, -0.25) is 0 Å². The Morgan fingerprint density at radius 2 is 1.90 bits per heavy atom. The van der Waals surface area contributed by atoms with Crippen molar-refractivity contribution in [1.29, 1.82) is 0 Å². The van der Waals surface area contributed by atoms with E-state index in [-0.39, 0.29) is 0 Å². The summed E-state index contributed by atoms with van der Waals surface area (Å²) in [7, 11) is 0. The van der Waals surface area contributed by atoms with Crippen LogP contribution < -0.4 is 10.1 Å². The van der Waals surface area contributed by atoms with E-state index in [1.807, 2.05) is 12.1 Å². The molecule has 2 atom stereocenters. The summed E-state index contributed by atoms with van der Waals surface area (Å²) < 4.78 is 6.83. The summed E-state index contributed by atoms with van der Waals surface area (Å²) in [6.07, 6.45) is 1.01. The molecular weight excluding hydrogens is 314 g/mol. The van der Waals surface area contributed by atoms with Gasteiger partial charge in [0, 0.05) is 28.5 Å². The standard InChI is InChI=1S/C17H18BrNO/c1-12(13-6-8-14(18)9-7-13)19-16-10-11-20-17-5-3-2-4-15(16)17/h2-9,12,16,19H,10-11H2,1H3/t12-,16?/m1/s1. The fourth-order valence-corrected chi connectivity index (χ4v) is 2.93. The Morgan fingerprint density at radius 1 is 1.15 bits per heavy atom. The van der Waals surface area contributed by atoms with Gasteiger partial charge >= 0.3 is 0 Å². The normalized spacial score (nSPS) is 19.0. The van der Waals surface area contributed by atoms with Gasteiger partial charge < -0.3 is 10.1 Å². The van der Waals surface area contributed by atoms with Crippen molar-refractivity contribution >= 4 is 15.9 Å². The largest absolute Gasteiger partial charge is 0.493 e. The van der Waals surface area contributed by atoms with Gasteiger partial charge in [-0.2, -0.15) is 0 Å². The van der Waals surface area contributed by atoms with E-state index < -0.39 is 0 Å². The first-order valence-electron chi connectivity index (χ1n) is 6.97. The molecule has 0 saturated carbocycles. The van der Waals surface area contributed by atoms with Gasteiger partial charge in [-0.15, -0.1) is 0 Å². The molecule has 0 aromatic heterocycles. The Balaban J connectivity index is 1.77. The zero-order chi connectivity index (χ0) is 13.9. The molecule has 1 aliphatic rings. The number of nitrogens with one attached hydrogen (secondary N) is 1. The van der Waals surface area contributed by atoms with Crippen molar-refractivity contribution in [1.82, 2.24) is 5.32 Å². The van der Waals surface area contributed by atoms with Crippen LogP contribution >= 0.6 is 15.9 Å². The Hall–Kier alpha value is -1.32. The number of fused-ring (bicyclic) bond motifs is 1. The van der Waals surface area contributed by atoms with E-state index in [1.165, 1.54) is 11.1 Å². The van der Waals surface area contributed by atoms with Crippen LogP contribution in [0.1, 0.15) is 36.6 Å². The number of ether oxygens (including phenoxy) is 1. The number of hydrogen-bond acceptors (Lipinski definition) is 2. The third-order valence-electron chi connectivity index (χ3n) is 3.78. The minimum atomic E-state index is 0.319. The first kappa shape index (κ1) is 13.7. The highest BCUT2D eigenvalue weighted by Gasteiger charge is 2.22. The molecule has 0 amide bonds. The molecular formula is C17H18BrNO. The van der Waals surface area contributed by atoms with Crippen LogP contribution in [0.25, 0.3) is 0 Å². The quantitative estimate of drug-likeness (QED) is 0.885. The lowest BCUT2D eigenvalue weighted by Gasteiger charge is -2.29. The van der Waals surface area contributed by atoms with Crippen LogP contribution in [-0.2, 0) is 0 Å². The molecule has 2 aromatic carbocycles. The summed E-state index contributed by atoms with van der Waals surface area (Å²) in [5.74, 6) is 1.01. The predicted molar refractivity (Wildman–Crippen MR) is 85.0 cm³/mol. The summed E-state index contributed by atoms with van der Waals surface area (Å²) in [5, 5.41) is 3.72. The van der Waals surface area contributed by atoms with Crippen molar-refractivity contribution < 1.29 is 4.74 Å². The number of benzene rings is 2. The molecule has 0 radical (unpaired) electrons. The minimum Gasteiger partial charge on any atom is -0.493 e. The maximum Gasteiger partial charge on any atom is 0.124 e. The number of rotatable bonds is 3. The molecule has 2 nitrogen and oxygen atoms in total. The van der Waals surface area contributed by atoms with E-state index in [0.717, 1.165) is 23.2 Å². The first-order chi connectivity index (χ1) is 9.74. The van der Waals surface area contributed by atoms with E-state index in [1.54, 1.807) is 0 Å². The van der Waals surface area contributed by atoms with E-state index in [9.17, 15) is 0 Å². The molecule has 1 N–H and O–H groups in total. The maximum absolute atomic E-state index is 5.71. The van der Waals surface area contributed by atoms with Crippen molar-refractivity contribution in [3.63, 3.8) is 0 Å². The highest BCUT2D eigenvalue weighted by molar-refractivity contribution is 9.10. The zero-order valence-electron chi connectivity index (χ0n) is 11.5. The molecule has 3 rings (SSSR count). The monoisotopic (exact) mass is 331 g/mol. The highest BCUT2D eigenvalue weighted by Crippen LogP contribution is 2.33. The van der Waals surface area contributed by atoms with Gasteiger partial charge in [0.05, 0.1) is 6.61 Å². The van der Waals surface area contributed by atoms with Crippen LogP contribution in [0.2, 0.25) is 0 Å². The fourth-order valence-electron chi connectivity index (χ4n) is 2.66. The predicted octanol–water partition coefficient (Wildman–Crippen LogP) is 4.62. The van der Waals surface area contributed by atoms with Crippen molar-refractivity contribution in [3.8, 4) is 5.75 Å². The van der Waals surface area contributed by atoms with E-state index in [0.29, 0.717) is 12.1 Å². The Morgan fingerprint density at radius 3 is 2.70 bits per heavy atom. The molecule has 0 spiro atoms. The van der Waals surface area contributed by atoms with Crippen molar-refractivity contribution in [2.75, 3.05) is 6.61 Å². The topological polar surface area (TPSA) is 21.3 Å². The molecule has 0 aliphatic carbocycles. The smallest absolute Gasteiger partial charge is 0.124 e. The molecule has 1 aliphatic heterocycles. The Bertz CT molecular complexity index is 582. The van der Waals surface area contributed by atoms with Gasteiger partial charge in [0.15, 0.2) is 0 Å². The highest BCUT2D eigenvalue weighted by atomic mass is 79.9. The maximum atomic E-state index is 5.71. The lowest BCUT2D eigenvalue weighted by molar-refractivity contribution is 0.246. The van der Waals surface area contributed by atoms with Gasteiger partial charge in [-0.05, 0) is 30.7 Å². The van der Waals surface area contributed by atoms with Crippen LogP contribution in [0.4, 0.5) is 0 Å². The van der Waals surface area contributed by atoms with E-state index in [4.69, 9.17) is 4.74 Å². The van der Waals surface area contributed by atoms with Crippen LogP contribution in [0.3, 0.4) is 0 Å². The lowest BCUT2D eigenvalue weighted by atomic mass is 9.98. The SMILES string of the molecule is C[C@@H](NC1CCOc2ccccc21)c1ccc(Br)cc1. The summed E-state index contributed by atoms with van der Waals surface area (Å²) in [6, 6.07) is 17.5. The lowest BCUT2D eigenvalue weighted by Crippen LogP contribution is -2.29. The van der Waals surface area contributed by atoms with E-state index in [2.05, 4.69) is 64.6 Å². The van der Waals surface area contributed by atoms with Gasteiger partial charge in [-0.1, -0.05) is 46.3 Å². The first-order valence-corrected chi connectivity index (χ1v) is 7.76. The summed E-state index contributed by atoms with van der Waals surface area (Å²) in [5.41, 5.74) is 2.57. The fraction of sp³-hybridized carbons (Fsp3) is 0.294. The van der Waals surface area contributed by atoms with Crippen molar-refractivity contribution in [3.05, 3.63) is 64.1 Å². The number of hydrogen-bond donors (Lipinski definition) is 1. The van der Waals surface area contributed by atoms with Crippen molar-refractivity contribution in [2.45, 2.75) is 25.4 Å². The molecule has 104 valence electrons. The molecule has 1 heterocycles. The molecule has 20 heavy (non-hydrogen) atoms. The van der Waals surface area contributed by atoms with Crippen LogP contribution in [0, 0.1) is 0 Å². The van der Waals surface area contributed by atoms with Gasteiger partial charge in [-0.25, -0.2) is 0 Å².